The van der Waals surface area contributed by atoms with Crippen LogP contribution in [0, 0.1) is 0 Å². The van der Waals surface area contributed by atoms with Gasteiger partial charge in [0.05, 0.1) is 0 Å². The summed E-state index contributed by atoms with van der Waals surface area (Å²) in [6.07, 6.45) is 4.31. The van der Waals surface area contributed by atoms with Crippen LogP contribution in [-0.4, -0.2) is 20.5 Å². The topological polar surface area (TPSA) is 64.7 Å². The first-order valence-electron chi connectivity index (χ1n) is 3.34. The van der Waals surface area contributed by atoms with Crippen LogP contribution in [0.5, 0.6) is 0 Å². The third-order valence-corrected chi connectivity index (χ3v) is 0.400. The largest absolute Gasteiger partial charge is 0.326 e. The van der Waals surface area contributed by atoms with Gasteiger partial charge in [0.25, 0.3) is 0 Å². The van der Waals surface area contributed by atoms with Crippen molar-refractivity contribution in [2.24, 2.45) is 5.73 Å². The monoisotopic (exact) mass is 154 g/mol. The minimum atomic E-state index is 0. The summed E-state index contributed by atoms with van der Waals surface area (Å²) in [5, 5.41) is 0. The van der Waals surface area contributed by atoms with E-state index in [4.69, 9.17) is 5.73 Å². The molecule has 0 aromatic carbocycles. The van der Waals surface area contributed by atoms with Crippen molar-refractivity contribution in [1.82, 2.24) is 15.0 Å². The molecular weight excluding hydrogens is 140 g/mol. The highest BCUT2D eigenvalue weighted by atomic mass is 14.9. The highest BCUT2D eigenvalue weighted by molar-refractivity contribution is 4.60. The summed E-state index contributed by atoms with van der Waals surface area (Å²) in [7, 11) is 0. The van der Waals surface area contributed by atoms with Crippen LogP contribution in [0.1, 0.15) is 20.8 Å². The van der Waals surface area contributed by atoms with Crippen LogP contribution in [-0.2, 0) is 0 Å². The van der Waals surface area contributed by atoms with Crippen LogP contribution in [0.4, 0.5) is 0 Å². The van der Waals surface area contributed by atoms with Gasteiger partial charge in [0.15, 0.2) is 0 Å². The molecule has 0 saturated heterocycles. The fraction of sp³-hybridized carbons (Fsp3) is 0.571. The van der Waals surface area contributed by atoms with E-state index in [-0.39, 0.29) is 5.54 Å². The number of rotatable bonds is 0. The van der Waals surface area contributed by atoms with Gasteiger partial charge in [-0.25, -0.2) is 15.0 Å². The molecule has 1 rings (SSSR count). The summed E-state index contributed by atoms with van der Waals surface area (Å²) >= 11 is 0. The predicted molar refractivity (Wildman–Crippen MR) is 43.8 cm³/mol. The lowest BCUT2D eigenvalue weighted by atomic mass is 10.1. The molecule has 0 saturated carbocycles. The molecule has 0 aliphatic heterocycles. The minimum Gasteiger partial charge on any atom is -0.326 e. The number of nitrogens with two attached hydrogens (primary N) is 1. The lowest BCUT2D eigenvalue weighted by Gasteiger charge is -2.06. The fourth-order valence-electron chi connectivity index (χ4n) is 0.205. The van der Waals surface area contributed by atoms with E-state index in [0.717, 1.165) is 0 Å². The molecule has 0 radical (unpaired) electrons. The van der Waals surface area contributed by atoms with Gasteiger partial charge >= 0.3 is 0 Å². The second-order valence-electron chi connectivity index (χ2n) is 3.16. The van der Waals surface area contributed by atoms with Crippen molar-refractivity contribution in [1.29, 1.82) is 0 Å². The van der Waals surface area contributed by atoms with Crippen molar-refractivity contribution in [2.75, 3.05) is 0 Å². The summed E-state index contributed by atoms with van der Waals surface area (Å²) in [4.78, 5) is 10.7. The van der Waals surface area contributed by atoms with Gasteiger partial charge in [-0.15, -0.1) is 0 Å². The van der Waals surface area contributed by atoms with Crippen molar-refractivity contribution in [3.63, 3.8) is 0 Å². The molecule has 4 heteroatoms. The normalized spacial score (nSPS) is 9.82. The Morgan fingerprint density at radius 1 is 0.909 bits per heavy atom. The quantitative estimate of drug-likeness (QED) is 0.594. The highest BCUT2D eigenvalue weighted by Gasteiger charge is 1.95. The maximum atomic E-state index is 5.35. The van der Waals surface area contributed by atoms with Gasteiger partial charge in [-0.1, -0.05) is 0 Å². The van der Waals surface area contributed by atoms with Crippen LogP contribution in [0.3, 0.4) is 0 Å². The van der Waals surface area contributed by atoms with Crippen molar-refractivity contribution >= 4 is 0 Å². The molecule has 0 bridgehead atoms. The molecule has 11 heavy (non-hydrogen) atoms. The zero-order valence-electron chi connectivity index (χ0n) is 7.15. The van der Waals surface area contributed by atoms with Gasteiger partial charge in [0.2, 0.25) is 0 Å². The molecule has 1 aromatic rings. The third-order valence-electron chi connectivity index (χ3n) is 0.400. The van der Waals surface area contributed by atoms with Gasteiger partial charge < -0.3 is 5.73 Å². The van der Waals surface area contributed by atoms with Gasteiger partial charge in [0, 0.05) is 5.54 Å². The summed E-state index contributed by atoms with van der Waals surface area (Å²) in [6, 6.07) is 0. The Labute approximate surface area is 66.9 Å². The molecule has 1 heterocycles. The van der Waals surface area contributed by atoms with Crippen molar-refractivity contribution < 1.29 is 0 Å². The van der Waals surface area contributed by atoms with E-state index < -0.39 is 0 Å². The number of hydrogen-bond donors (Lipinski definition) is 1. The summed E-state index contributed by atoms with van der Waals surface area (Å²) in [5.41, 5.74) is 5.35. The molecule has 0 amide bonds. The zero-order chi connectivity index (χ0) is 8.74. The van der Waals surface area contributed by atoms with E-state index in [1.807, 2.05) is 20.8 Å². The Kier molecular flexibility index (Phi) is 4.29. The maximum absolute atomic E-state index is 5.35. The summed E-state index contributed by atoms with van der Waals surface area (Å²) < 4.78 is 0. The van der Waals surface area contributed by atoms with E-state index in [2.05, 4.69) is 15.0 Å². The standard InChI is InChI=1S/C4H11N.C3H3N3/c1-4(2,3)5;1-4-2-6-3-5-1/h5H2,1-3H3;1-3H. The zero-order valence-corrected chi connectivity index (χ0v) is 7.15. The molecule has 0 aliphatic carbocycles. The smallest absolute Gasteiger partial charge is 0.119 e. The molecule has 0 aliphatic rings. The summed E-state index contributed by atoms with van der Waals surface area (Å²) in [5.74, 6) is 0. The molecule has 2 N–H and O–H groups in total. The van der Waals surface area contributed by atoms with Gasteiger partial charge in [-0.2, -0.15) is 0 Å². The average molecular weight is 154 g/mol. The second-order valence-corrected chi connectivity index (χ2v) is 3.16. The first-order chi connectivity index (χ1) is 5.00. The number of nitrogens with zero attached hydrogens (tertiary/aromatic N) is 3. The maximum Gasteiger partial charge on any atom is 0.119 e. The van der Waals surface area contributed by atoms with Crippen molar-refractivity contribution in [3.05, 3.63) is 19.0 Å². The molecule has 0 fully saturated rings. The van der Waals surface area contributed by atoms with Gasteiger partial charge in [-0.3, -0.25) is 0 Å². The first kappa shape index (κ1) is 9.97. The van der Waals surface area contributed by atoms with Crippen LogP contribution >= 0.6 is 0 Å². The van der Waals surface area contributed by atoms with Gasteiger partial charge in [-0.05, 0) is 20.8 Å². The second kappa shape index (κ2) is 4.73. The summed E-state index contributed by atoms with van der Waals surface area (Å²) in [6.45, 7) is 5.90. The SMILES string of the molecule is CC(C)(C)N.c1ncncn1. The molecule has 0 atom stereocenters. The Bertz CT molecular complexity index is 135. The lowest BCUT2D eigenvalue weighted by molar-refractivity contribution is 0.580. The van der Waals surface area contributed by atoms with Crippen molar-refractivity contribution in [3.8, 4) is 0 Å². The Morgan fingerprint density at radius 3 is 1.18 bits per heavy atom. The molecule has 1 aromatic heterocycles. The van der Waals surface area contributed by atoms with E-state index >= 15 is 0 Å². The van der Waals surface area contributed by atoms with Crippen LogP contribution < -0.4 is 5.73 Å². The van der Waals surface area contributed by atoms with Crippen LogP contribution in [0.2, 0.25) is 0 Å². The Morgan fingerprint density at radius 2 is 1.09 bits per heavy atom. The highest BCUT2D eigenvalue weighted by Crippen LogP contribution is 1.88. The minimum absolute atomic E-state index is 0. The van der Waals surface area contributed by atoms with Gasteiger partial charge in [0.1, 0.15) is 19.0 Å². The van der Waals surface area contributed by atoms with E-state index in [1.165, 1.54) is 19.0 Å². The fourth-order valence-corrected chi connectivity index (χ4v) is 0.205. The number of aromatic nitrogens is 3. The van der Waals surface area contributed by atoms with E-state index in [0.29, 0.717) is 0 Å². The lowest BCUT2D eigenvalue weighted by Crippen LogP contribution is -2.26. The van der Waals surface area contributed by atoms with Crippen molar-refractivity contribution in [2.45, 2.75) is 26.3 Å². The predicted octanol–water partition coefficient (Wildman–Crippen LogP) is 0.615. The molecule has 62 valence electrons. The Hall–Kier alpha value is -1.03. The molecule has 0 unspecified atom stereocenters. The average Bonchev–Trinajstić information content (AvgIpc) is 1.88. The number of hydrogen-bond acceptors (Lipinski definition) is 4. The van der Waals surface area contributed by atoms with Crippen LogP contribution in [0.15, 0.2) is 19.0 Å². The van der Waals surface area contributed by atoms with E-state index in [1.54, 1.807) is 0 Å². The molecule has 4 nitrogen and oxygen atoms in total. The Balaban J connectivity index is 0.000000187. The van der Waals surface area contributed by atoms with Crippen LogP contribution in [0.25, 0.3) is 0 Å². The molecular formula is C7H14N4. The van der Waals surface area contributed by atoms with E-state index in [9.17, 15) is 0 Å². The molecule has 0 spiro atoms. The third kappa shape index (κ3) is 17.6. The first-order valence-corrected chi connectivity index (χ1v) is 3.34.